The summed E-state index contributed by atoms with van der Waals surface area (Å²) in [6.45, 7) is 1.47. The second-order valence-corrected chi connectivity index (χ2v) is 1.90. The first kappa shape index (κ1) is 10.2. The summed E-state index contributed by atoms with van der Waals surface area (Å²) >= 11 is 0. The van der Waals surface area contributed by atoms with E-state index in [0.29, 0.717) is 5.82 Å². The van der Waals surface area contributed by atoms with Gasteiger partial charge >= 0.3 is 6.03 Å². The molecule has 12 heavy (non-hydrogen) atoms. The molecule has 0 saturated carbocycles. The van der Waals surface area contributed by atoms with Crippen LogP contribution in [0.4, 0.5) is 4.79 Å². The van der Waals surface area contributed by atoms with E-state index in [4.69, 9.17) is 4.79 Å². The van der Waals surface area contributed by atoms with E-state index in [1.807, 2.05) is 0 Å². The van der Waals surface area contributed by atoms with Gasteiger partial charge in [-0.15, -0.1) is 0 Å². The van der Waals surface area contributed by atoms with Gasteiger partial charge in [-0.05, 0) is 0 Å². The van der Waals surface area contributed by atoms with Crippen molar-refractivity contribution in [3.05, 3.63) is 18.2 Å². The third-order valence-electron chi connectivity index (χ3n) is 0.832. The van der Waals surface area contributed by atoms with Gasteiger partial charge in [-0.1, -0.05) is 0 Å². The van der Waals surface area contributed by atoms with Crippen molar-refractivity contribution in [3.8, 4) is 0 Å². The number of carbonyl (C=O) groups excluding carboxylic acids is 2. The summed E-state index contributed by atoms with van der Waals surface area (Å²) in [5.41, 5.74) is 8.50. The topological polar surface area (TPSA) is 115 Å². The average molecular weight is 170 g/mol. The van der Waals surface area contributed by atoms with Crippen molar-refractivity contribution in [2.24, 2.45) is 11.5 Å². The molecule has 6 nitrogen and oxygen atoms in total. The summed E-state index contributed by atoms with van der Waals surface area (Å²) in [7, 11) is 0. The number of carbonyl (C=O) groups is 2. The van der Waals surface area contributed by atoms with Crippen LogP contribution in [0, 0.1) is 0 Å². The Morgan fingerprint density at radius 1 is 1.50 bits per heavy atom. The summed E-state index contributed by atoms with van der Waals surface area (Å²) in [5.74, 6) is 0.389. The number of nitrogens with two attached hydrogens (primary N) is 2. The zero-order valence-corrected chi connectivity index (χ0v) is 6.57. The standard InChI is InChI=1S/C5H6N2O.CH4N2O/c1-4(8)5-6-2-3-7-5;2-1(3)4/h2-3H,1H3,(H,6,7);(H4,2,3,4). The van der Waals surface area contributed by atoms with Crippen LogP contribution >= 0.6 is 0 Å². The molecule has 1 aromatic rings. The minimum absolute atomic E-state index is 0.0324. The Bertz CT molecular complexity index is 251. The summed E-state index contributed by atoms with van der Waals surface area (Å²) in [6.07, 6.45) is 3.17. The average Bonchev–Trinajstić information content (AvgIpc) is 2.34. The molecule has 0 atom stereocenters. The highest BCUT2D eigenvalue weighted by molar-refractivity contribution is 5.90. The largest absolute Gasteiger partial charge is 0.352 e. The molecule has 6 heteroatoms. The van der Waals surface area contributed by atoms with Crippen molar-refractivity contribution >= 4 is 11.8 Å². The molecule has 0 bridgehead atoms. The fraction of sp³-hybridized carbons (Fsp3) is 0.167. The van der Waals surface area contributed by atoms with Gasteiger partial charge in [0.25, 0.3) is 0 Å². The van der Waals surface area contributed by atoms with Crippen LogP contribution in [0.1, 0.15) is 17.5 Å². The van der Waals surface area contributed by atoms with Gasteiger partial charge < -0.3 is 16.5 Å². The van der Waals surface area contributed by atoms with Crippen LogP contribution in [0.2, 0.25) is 0 Å². The van der Waals surface area contributed by atoms with Crippen molar-refractivity contribution in [2.75, 3.05) is 0 Å². The van der Waals surface area contributed by atoms with Crippen molar-refractivity contribution < 1.29 is 9.59 Å². The number of hydrogen-bond acceptors (Lipinski definition) is 3. The molecule has 1 aromatic heterocycles. The molecule has 1 heterocycles. The minimum atomic E-state index is -0.833. The number of ketones is 1. The van der Waals surface area contributed by atoms with Crippen molar-refractivity contribution in [1.82, 2.24) is 9.97 Å². The molecule has 0 unspecified atom stereocenters. The lowest BCUT2D eigenvalue weighted by atomic mass is 10.4. The minimum Gasteiger partial charge on any atom is -0.352 e. The number of aromatic amines is 1. The number of hydrogen-bond donors (Lipinski definition) is 3. The lowest BCUT2D eigenvalue weighted by Gasteiger charge is -1.80. The Balaban J connectivity index is 0.000000261. The van der Waals surface area contributed by atoms with Crippen LogP contribution in [0.3, 0.4) is 0 Å². The SMILES string of the molecule is CC(=O)c1ncc[nH]1.NC(N)=O. The van der Waals surface area contributed by atoms with E-state index in [1.54, 1.807) is 12.4 Å². The van der Waals surface area contributed by atoms with Crippen LogP contribution in [0.15, 0.2) is 12.4 Å². The number of imidazole rings is 1. The van der Waals surface area contributed by atoms with E-state index in [-0.39, 0.29) is 5.78 Å². The quantitative estimate of drug-likeness (QED) is 0.499. The number of urea groups is 1. The van der Waals surface area contributed by atoms with Gasteiger partial charge in [-0.2, -0.15) is 0 Å². The van der Waals surface area contributed by atoms with Gasteiger partial charge in [0.1, 0.15) is 0 Å². The third-order valence-corrected chi connectivity index (χ3v) is 0.832. The molecular weight excluding hydrogens is 160 g/mol. The van der Waals surface area contributed by atoms with Gasteiger partial charge in [0.05, 0.1) is 0 Å². The zero-order valence-electron chi connectivity index (χ0n) is 6.57. The molecule has 0 aliphatic rings. The van der Waals surface area contributed by atoms with Gasteiger partial charge in [-0.3, -0.25) is 4.79 Å². The molecule has 0 fully saturated rings. The Hall–Kier alpha value is -1.85. The van der Waals surface area contributed by atoms with E-state index in [2.05, 4.69) is 21.4 Å². The molecule has 0 aliphatic carbocycles. The molecule has 0 radical (unpaired) electrons. The summed E-state index contributed by atoms with van der Waals surface area (Å²) in [4.78, 5) is 25.8. The van der Waals surface area contributed by atoms with E-state index in [1.165, 1.54) is 6.92 Å². The first-order valence-electron chi connectivity index (χ1n) is 3.09. The molecule has 0 spiro atoms. The summed E-state index contributed by atoms with van der Waals surface area (Å²) in [5, 5.41) is 0. The number of Topliss-reactive ketones (excluding diaryl/α,β-unsaturated/α-hetero) is 1. The van der Waals surface area contributed by atoms with E-state index in [0.717, 1.165) is 0 Å². The maximum Gasteiger partial charge on any atom is 0.309 e. The number of nitrogens with one attached hydrogen (secondary N) is 1. The predicted molar refractivity (Wildman–Crippen MR) is 42.4 cm³/mol. The number of primary amides is 2. The van der Waals surface area contributed by atoms with Crippen LogP contribution < -0.4 is 11.5 Å². The molecular formula is C6H10N4O2. The lowest BCUT2D eigenvalue weighted by Crippen LogP contribution is -2.18. The fourth-order valence-electron chi connectivity index (χ4n) is 0.458. The fourth-order valence-corrected chi connectivity index (χ4v) is 0.458. The summed E-state index contributed by atoms with van der Waals surface area (Å²) < 4.78 is 0. The van der Waals surface area contributed by atoms with Gasteiger partial charge in [0.2, 0.25) is 0 Å². The number of aromatic nitrogens is 2. The molecule has 5 N–H and O–H groups in total. The van der Waals surface area contributed by atoms with E-state index >= 15 is 0 Å². The lowest BCUT2D eigenvalue weighted by molar-refractivity contribution is 0.100. The van der Waals surface area contributed by atoms with E-state index < -0.39 is 6.03 Å². The van der Waals surface area contributed by atoms with Crippen LogP contribution in [-0.4, -0.2) is 21.8 Å². The van der Waals surface area contributed by atoms with Crippen LogP contribution in [-0.2, 0) is 0 Å². The Morgan fingerprint density at radius 3 is 2.17 bits per heavy atom. The van der Waals surface area contributed by atoms with Gasteiger partial charge in [0, 0.05) is 19.3 Å². The van der Waals surface area contributed by atoms with Crippen molar-refractivity contribution in [1.29, 1.82) is 0 Å². The van der Waals surface area contributed by atoms with Crippen LogP contribution in [0.5, 0.6) is 0 Å². The third kappa shape index (κ3) is 4.98. The molecule has 0 aliphatic heterocycles. The molecule has 2 amide bonds. The highest BCUT2D eigenvalue weighted by Crippen LogP contribution is 1.86. The molecule has 0 saturated heterocycles. The van der Waals surface area contributed by atoms with E-state index in [9.17, 15) is 4.79 Å². The number of nitrogens with zero attached hydrogens (tertiary/aromatic N) is 1. The Morgan fingerprint density at radius 2 is 2.00 bits per heavy atom. The first-order valence-corrected chi connectivity index (χ1v) is 3.09. The van der Waals surface area contributed by atoms with Gasteiger partial charge in [-0.25, -0.2) is 9.78 Å². The molecule has 0 aromatic carbocycles. The van der Waals surface area contributed by atoms with Gasteiger partial charge in [0.15, 0.2) is 11.6 Å². The predicted octanol–water partition coefficient (Wildman–Crippen LogP) is -0.364. The van der Waals surface area contributed by atoms with Crippen LogP contribution in [0.25, 0.3) is 0 Å². The zero-order chi connectivity index (χ0) is 9.56. The molecule has 1 rings (SSSR count). The van der Waals surface area contributed by atoms with Crippen molar-refractivity contribution in [3.63, 3.8) is 0 Å². The normalized spacial score (nSPS) is 8.08. The number of rotatable bonds is 1. The highest BCUT2D eigenvalue weighted by Gasteiger charge is 1.96. The Labute approximate surface area is 69.0 Å². The second-order valence-electron chi connectivity index (χ2n) is 1.90. The Kier molecular flexibility index (Phi) is 4.13. The summed E-state index contributed by atoms with van der Waals surface area (Å²) in [6, 6.07) is -0.833. The molecule has 66 valence electrons. The first-order chi connectivity index (χ1) is 5.54. The number of H-pyrrole nitrogens is 1. The monoisotopic (exact) mass is 170 g/mol. The number of amides is 2. The highest BCUT2D eigenvalue weighted by atomic mass is 16.2. The smallest absolute Gasteiger partial charge is 0.309 e. The second kappa shape index (κ2) is 4.89. The maximum absolute atomic E-state index is 10.4. The maximum atomic E-state index is 10.4. The van der Waals surface area contributed by atoms with Crippen molar-refractivity contribution in [2.45, 2.75) is 6.92 Å².